The fraction of sp³-hybridized carbons (Fsp3) is 0.526. The summed E-state index contributed by atoms with van der Waals surface area (Å²) in [7, 11) is 0. The fourth-order valence-electron chi connectivity index (χ4n) is 1.84. The smallest absolute Gasteiger partial charge is 0.328 e. The molecule has 0 saturated carbocycles. The molecule has 0 saturated heterocycles. The van der Waals surface area contributed by atoms with Crippen molar-refractivity contribution >= 4 is 23.5 Å². The maximum Gasteiger partial charge on any atom is 0.328 e. The van der Waals surface area contributed by atoms with Crippen LogP contribution in [0.15, 0.2) is 24.3 Å². The zero-order chi connectivity index (χ0) is 19.0. The molecule has 1 atom stereocenters. The molecule has 2 amide bonds. The number of carbonyl (C=O) groups is 3. The number of anilines is 1. The Balaban J connectivity index is 2.68. The van der Waals surface area contributed by atoms with Gasteiger partial charge in [0.2, 0.25) is 5.91 Å². The zero-order valence-electron chi connectivity index (χ0n) is 15.6. The fourth-order valence-corrected chi connectivity index (χ4v) is 1.84. The van der Waals surface area contributed by atoms with E-state index >= 15 is 0 Å². The number of carbonyl (C=O) groups excluding carboxylic acids is 3. The molecule has 0 aliphatic carbocycles. The van der Waals surface area contributed by atoms with Gasteiger partial charge in [-0.2, -0.15) is 0 Å². The number of ether oxygens (including phenoxy) is 1. The number of esters is 1. The Morgan fingerprint density at radius 2 is 1.88 bits per heavy atom. The van der Waals surface area contributed by atoms with E-state index in [9.17, 15) is 14.4 Å². The topological polar surface area (TPSA) is 84.5 Å². The Morgan fingerprint density at radius 1 is 1.20 bits per heavy atom. The van der Waals surface area contributed by atoms with Crippen molar-refractivity contribution < 1.29 is 19.1 Å². The maximum absolute atomic E-state index is 12.3. The van der Waals surface area contributed by atoms with E-state index in [1.807, 2.05) is 27.7 Å². The lowest BCUT2D eigenvalue weighted by molar-refractivity contribution is -0.145. The van der Waals surface area contributed by atoms with Gasteiger partial charge >= 0.3 is 5.97 Å². The molecule has 0 radical (unpaired) electrons. The second kappa shape index (κ2) is 9.20. The van der Waals surface area contributed by atoms with E-state index in [4.69, 9.17) is 4.74 Å². The minimum absolute atomic E-state index is 0.141. The highest BCUT2D eigenvalue weighted by Crippen LogP contribution is 2.18. The molecule has 1 aromatic rings. The number of nitrogens with one attached hydrogen (secondary N) is 2. The highest BCUT2D eigenvalue weighted by Gasteiger charge is 2.22. The van der Waals surface area contributed by atoms with Gasteiger partial charge in [-0.1, -0.05) is 40.2 Å². The third-order valence-electron chi connectivity index (χ3n) is 3.51. The maximum atomic E-state index is 12.3. The molecular formula is C19H28N2O4. The van der Waals surface area contributed by atoms with Crippen molar-refractivity contribution in [2.75, 3.05) is 11.9 Å². The van der Waals surface area contributed by atoms with Gasteiger partial charge in [-0.15, -0.1) is 0 Å². The van der Waals surface area contributed by atoms with Crippen LogP contribution in [-0.2, 0) is 14.3 Å². The highest BCUT2D eigenvalue weighted by molar-refractivity contribution is 5.99. The van der Waals surface area contributed by atoms with Crippen LogP contribution in [0.1, 0.15) is 57.8 Å². The Morgan fingerprint density at radius 3 is 2.48 bits per heavy atom. The SMILES string of the molecule is CCCCOC(=O)[C@H](C)NC(=O)c1cccc(NC(=O)C(C)(C)C)c1. The molecule has 0 aliphatic heterocycles. The molecule has 138 valence electrons. The predicted octanol–water partition coefficient (Wildman–Crippen LogP) is 3.13. The molecule has 6 nitrogen and oxygen atoms in total. The number of rotatable bonds is 7. The van der Waals surface area contributed by atoms with Gasteiger partial charge in [0.15, 0.2) is 0 Å². The Kier molecular flexibility index (Phi) is 7.61. The largest absolute Gasteiger partial charge is 0.464 e. The van der Waals surface area contributed by atoms with E-state index in [1.54, 1.807) is 31.2 Å². The van der Waals surface area contributed by atoms with Crippen molar-refractivity contribution in [2.24, 2.45) is 5.41 Å². The third-order valence-corrected chi connectivity index (χ3v) is 3.51. The number of hydrogen-bond donors (Lipinski definition) is 2. The Labute approximate surface area is 149 Å². The van der Waals surface area contributed by atoms with E-state index in [-0.39, 0.29) is 5.91 Å². The van der Waals surface area contributed by atoms with Crippen LogP contribution >= 0.6 is 0 Å². The van der Waals surface area contributed by atoms with Crippen molar-refractivity contribution in [3.63, 3.8) is 0 Å². The lowest BCUT2D eigenvalue weighted by Crippen LogP contribution is -2.39. The number of amides is 2. The van der Waals surface area contributed by atoms with E-state index < -0.39 is 23.3 Å². The van der Waals surface area contributed by atoms with Crippen LogP contribution in [0.4, 0.5) is 5.69 Å². The first-order valence-corrected chi connectivity index (χ1v) is 8.54. The second-order valence-electron chi connectivity index (χ2n) is 7.00. The van der Waals surface area contributed by atoms with Crippen LogP contribution in [0.25, 0.3) is 0 Å². The minimum Gasteiger partial charge on any atom is -0.464 e. The van der Waals surface area contributed by atoms with E-state index in [0.717, 1.165) is 12.8 Å². The predicted molar refractivity (Wildman–Crippen MR) is 97.3 cm³/mol. The molecule has 0 unspecified atom stereocenters. The van der Waals surface area contributed by atoms with Gasteiger partial charge in [0.25, 0.3) is 5.91 Å². The van der Waals surface area contributed by atoms with Gasteiger partial charge < -0.3 is 15.4 Å². The summed E-state index contributed by atoms with van der Waals surface area (Å²) in [5.41, 5.74) is 0.361. The molecule has 2 N–H and O–H groups in total. The summed E-state index contributed by atoms with van der Waals surface area (Å²) >= 11 is 0. The van der Waals surface area contributed by atoms with Crippen LogP contribution in [0.5, 0.6) is 0 Å². The molecule has 0 aromatic heterocycles. The van der Waals surface area contributed by atoms with Crippen LogP contribution in [0, 0.1) is 5.41 Å². The first-order chi connectivity index (χ1) is 11.6. The van der Waals surface area contributed by atoms with Gasteiger partial charge in [0.05, 0.1) is 6.61 Å². The van der Waals surface area contributed by atoms with Gasteiger partial charge in [-0.25, -0.2) is 4.79 Å². The summed E-state index contributed by atoms with van der Waals surface area (Å²) < 4.78 is 5.08. The number of benzene rings is 1. The van der Waals surface area contributed by atoms with Crippen molar-refractivity contribution in [1.29, 1.82) is 0 Å². The zero-order valence-corrected chi connectivity index (χ0v) is 15.6. The summed E-state index contributed by atoms with van der Waals surface area (Å²) in [5, 5.41) is 5.38. The first-order valence-electron chi connectivity index (χ1n) is 8.54. The van der Waals surface area contributed by atoms with Gasteiger partial charge in [0, 0.05) is 16.7 Å². The van der Waals surface area contributed by atoms with E-state index in [1.165, 1.54) is 0 Å². The number of hydrogen-bond acceptors (Lipinski definition) is 4. The summed E-state index contributed by atoms with van der Waals surface area (Å²) in [6.07, 6.45) is 1.73. The average Bonchev–Trinajstić information content (AvgIpc) is 2.54. The van der Waals surface area contributed by atoms with Crippen molar-refractivity contribution in [3.8, 4) is 0 Å². The number of unbranched alkanes of at least 4 members (excludes halogenated alkanes) is 1. The van der Waals surface area contributed by atoms with Crippen molar-refractivity contribution in [1.82, 2.24) is 5.32 Å². The molecule has 0 aliphatic rings. The lowest BCUT2D eigenvalue weighted by atomic mass is 9.95. The summed E-state index contributed by atoms with van der Waals surface area (Å²) in [6.45, 7) is 9.37. The molecule has 0 fully saturated rings. The molecule has 0 spiro atoms. The normalized spacial score (nSPS) is 12.2. The third kappa shape index (κ3) is 6.95. The average molecular weight is 348 g/mol. The van der Waals surface area contributed by atoms with Crippen molar-refractivity contribution in [3.05, 3.63) is 29.8 Å². The molecule has 1 rings (SSSR count). The summed E-state index contributed by atoms with van der Waals surface area (Å²) in [6, 6.07) is 5.85. The summed E-state index contributed by atoms with van der Waals surface area (Å²) in [5.74, 6) is -0.997. The second-order valence-corrected chi connectivity index (χ2v) is 7.00. The quantitative estimate of drug-likeness (QED) is 0.586. The molecule has 25 heavy (non-hydrogen) atoms. The van der Waals surface area contributed by atoms with Gasteiger partial charge in [-0.05, 0) is 31.5 Å². The monoisotopic (exact) mass is 348 g/mol. The van der Waals surface area contributed by atoms with E-state index in [0.29, 0.717) is 17.9 Å². The molecule has 0 bridgehead atoms. The molecule has 0 heterocycles. The van der Waals surface area contributed by atoms with Gasteiger partial charge in [0.1, 0.15) is 6.04 Å². The Bertz CT molecular complexity index is 620. The van der Waals surface area contributed by atoms with Crippen LogP contribution in [0.3, 0.4) is 0 Å². The van der Waals surface area contributed by atoms with Crippen LogP contribution < -0.4 is 10.6 Å². The van der Waals surface area contributed by atoms with E-state index in [2.05, 4.69) is 10.6 Å². The molecule has 6 heteroatoms. The van der Waals surface area contributed by atoms with Crippen LogP contribution in [-0.4, -0.2) is 30.4 Å². The first kappa shape index (κ1) is 20.7. The molecule has 1 aromatic carbocycles. The minimum atomic E-state index is -0.739. The van der Waals surface area contributed by atoms with Crippen molar-refractivity contribution in [2.45, 2.75) is 53.5 Å². The standard InChI is InChI=1S/C19H28N2O4/c1-6-7-11-25-17(23)13(2)20-16(22)14-9-8-10-15(12-14)21-18(24)19(3,4)5/h8-10,12-13H,6-7,11H2,1-5H3,(H,20,22)(H,21,24)/t13-/m0/s1. The highest BCUT2D eigenvalue weighted by atomic mass is 16.5. The van der Waals surface area contributed by atoms with Gasteiger partial charge in [-0.3, -0.25) is 9.59 Å². The molecular weight excluding hydrogens is 320 g/mol. The summed E-state index contributed by atoms with van der Waals surface area (Å²) in [4.78, 5) is 36.1. The lowest BCUT2D eigenvalue weighted by Gasteiger charge is -2.18. The van der Waals surface area contributed by atoms with Crippen LogP contribution in [0.2, 0.25) is 0 Å². The Hall–Kier alpha value is -2.37.